The van der Waals surface area contributed by atoms with E-state index >= 15 is 0 Å². The zero-order chi connectivity index (χ0) is 14.8. The van der Waals surface area contributed by atoms with Gasteiger partial charge in [0.15, 0.2) is 11.5 Å². The Morgan fingerprint density at radius 3 is 2.90 bits per heavy atom. The molecule has 3 rings (SSSR count). The van der Waals surface area contributed by atoms with Crippen LogP contribution in [0.5, 0.6) is 0 Å². The maximum absolute atomic E-state index is 4.63. The SMILES string of the molecule is CNc1nc(N(Cc2cccs2)C(C)C)c2[nH]cnc2n1. The lowest BCUT2D eigenvalue weighted by Gasteiger charge is -2.27. The van der Waals surface area contributed by atoms with Crippen LogP contribution in [0.15, 0.2) is 23.8 Å². The van der Waals surface area contributed by atoms with E-state index < -0.39 is 0 Å². The first kappa shape index (κ1) is 13.8. The number of fused-ring (bicyclic) bond motifs is 1. The van der Waals surface area contributed by atoms with Crippen LogP contribution in [0.1, 0.15) is 18.7 Å². The third kappa shape index (κ3) is 2.69. The minimum absolute atomic E-state index is 0.318. The number of hydrogen-bond acceptors (Lipinski definition) is 6. The monoisotopic (exact) mass is 302 g/mol. The molecular formula is C14H18N6S. The van der Waals surface area contributed by atoms with Gasteiger partial charge in [0, 0.05) is 18.0 Å². The zero-order valence-electron chi connectivity index (χ0n) is 12.3. The van der Waals surface area contributed by atoms with Crippen LogP contribution >= 0.6 is 11.3 Å². The van der Waals surface area contributed by atoms with Gasteiger partial charge in [-0.1, -0.05) is 6.07 Å². The van der Waals surface area contributed by atoms with Crippen molar-refractivity contribution in [3.05, 3.63) is 28.7 Å². The molecule has 0 aliphatic heterocycles. The van der Waals surface area contributed by atoms with Gasteiger partial charge in [-0.3, -0.25) is 0 Å². The Morgan fingerprint density at radius 1 is 1.38 bits per heavy atom. The summed E-state index contributed by atoms with van der Waals surface area (Å²) in [4.78, 5) is 20.0. The molecule has 3 aromatic heterocycles. The summed E-state index contributed by atoms with van der Waals surface area (Å²) in [5.41, 5.74) is 1.56. The van der Waals surface area contributed by atoms with Crippen molar-refractivity contribution in [2.24, 2.45) is 0 Å². The number of aromatic amines is 1. The molecule has 0 aliphatic carbocycles. The van der Waals surface area contributed by atoms with Crippen molar-refractivity contribution in [2.45, 2.75) is 26.4 Å². The van der Waals surface area contributed by atoms with E-state index in [-0.39, 0.29) is 0 Å². The van der Waals surface area contributed by atoms with Gasteiger partial charge in [-0.2, -0.15) is 9.97 Å². The number of imidazole rings is 1. The lowest BCUT2D eigenvalue weighted by atomic mass is 10.3. The molecule has 0 atom stereocenters. The van der Waals surface area contributed by atoms with Gasteiger partial charge in [0.25, 0.3) is 0 Å². The van der Waals surface area contributed by atoms with Crippen molar-refractivity contribution in [1.29, 1.82) is 0 Å². The van der Waals surface area contributed by atoms with Crippen LogP contribution in [0.3, 0.4) is 0 Å². The van der Waals surface area contributed by atoms with Crippen molar-refractivity contribution < 1.29 is 0 Å². The van der Waals surface area contributed by atoms with Crippen LogP contribution in [0, 0.1) is 0 Å². The lowest BCUT2D eigenvalue weighted by molar-refractivity contribution is 0.679. The molecule has 7 heteroatoms. The minimum atomic E-state index is 0.318. The lowest BCUT2D eigenvalue weighted by Crippen LogP contribution is -2.31. The van der Waals surface area contributed by atoms with Gasteiger partial charge in [0.05, 0.1) is 12.9 Å². The highest BCUT2D eigenvalue weighted by Gasteiger charge is 2.19. The summed E-state index contributed by atoms with van der Waals surface area (Å²) in [6.45, 7) is 5.15. The number of aromatic nitrogens is 4. The van der Waals surface area contributed by atoms with Crippen LogP contribution in [0.25, 0.3) is 11.2 Å². The van der Waals surface area contributed by atoms with Gasteiger partial charge in [-0.05, 0) is 25.3 Å². The standard InChI is InChI=1S/C14H18N6S/c1-9(2)20(7-10-5-4-6-21-10)13-11-12(17-8-16-11)18-14(15-3)19-13/h4-6,8-9H,7H2,1-3H3,(H2,15,16,17,18,19). The Bertz CT molecular complexity index is 718. The Morgan fingerprint density at radius 2 is 2.24 bits per heavy atom. The summed E-state index contributed by atoms with van der Waals surface area (Å²) in [5.74, 6) is 1.46. The first-order valence-corrected chi connectivity index (χ1v) is 7.75. The second-order valence-corrected chi connectivity index (χ2v) is 6.06. The van der Waals surface area contributed by atoms with E-state index in [1.54, 1.807) is 17.7 Å². The number of nitrogens with one attached hydrogen (secondary N) is 2. The Hall–Kier alpha value is -2.15. The van der Waals surface area contributed by atoms with E-state index in [1.165, 1.54) is 4.88 Å². The summed E-state index contributed by atoms with van der Waals surface area (Å²) in [7, 11) is 1.82. The highest BCUT2D eigenvalue weighted by molar-refractivity contribution is 7.09. The van der Waals surface area contributed by atoms with Crippen LogP contribution in [0.2, 0.25) is 0 Å². The fourth-order valence-electron chi connectivity index (χ4n) is 2.21. The molecule has 0 saturated carbocycles. The van der Waals surface area contributed by atoms with Crippen molar-refractivity contribution in [2.75, 3.05) is 17.3 Å². The average Bonchev–Trinajstić information content (AvgIpc) is 3.14. The fourth-order valence-corrected chi connectivity index (χ4v) is 2.91. The topological polar surface area (TPSA) is 69.7 Å². The van der Waals surface area contributed by atoms with Gasteiger partial charge < -0.3 is 15.2 Å². The molecule has 0 aliphatic rings. The summed E-state index contributed by atoms with van der Waals surface area (Å²) in [6, 6.07) is 4.53. The third-order valence-corrected chi connectivity index (χ3v) is 4.15. The largest absolute Gasteiger partial charge is 0.357 e. The molecule has 0 spiro atoms. The molecule has 21 heavy (non-hydrogen) atoms. The van der Waals surface area contributed by atoms with Gasteiger partial charge in [-0.25, -0.2) is 4.98 Å². The molecule has 0 aromatic carbocycles. The zero-order valence-corrected chi connectivity index (χ0v) is 13.1. The van der Waals surface area contributed by atoms with Crippen LogP contribution in [-0.4, -0.2) is 33.0 Å². The van der Waals surface area contributed by atoms with Gasteiger partial charge >= 0.3 is 0 Å². The highest BCUT2D eigenvalue weighted by Crippen LogP contribution is 2.26. The van der Waals surface area contributed by atoms with E-state index in [1.807, 2.05) is 7.05 Å². The molecule has 6 nitrogen and oxygen atoms in total. The van der Waals surface area contributed by atoms with Gasteiger partial charge in [0.2, 0.25) is 5.95 Å². The van der Waals surface area contributed by atoms with Crippen molar-refractivity contribution >= 4 is 34.3 Å². The molecule has 3 aromatic rings. The van der Waals surface area contributed by atoms with E-state index in [0.717, 1.165) is 17.9 Å². The number of H-pyrrole nitrogens is 1. The molecule has 0 unspecified atom stereocenters. The molecule has 0 amide bonds. The molecule has 2 N–H and O–H groups in total. The minimum Gasteiger partial charge on any atom is -0.357 e. The average molecular weight is 302 g/mol. The molecule has 0 radical (unpaired) electrons. The first-order chi connectivity index (χ1) is 10.2. The number of rotatable bonds is 5. The molecule has 0 bridgehead atoms. The number of nitrogens with zero attached hydrogens (tertiary/aromatic N) is 4. The number of anilines is 2. The Balaban J connectivity index is 2.07. The quantitative estimate of drug-likeness (QED) is 0.758. The van der Waals surface area contributed by atoms with Crippen LogP contribution < -0.4 is 10.2 Å². The van der Waals surface area contributed by atoms with E-state index in [4.69, 9.17) is 0 Å². The molecule has 3 heterocycles. The second kappa shape index (κ2) is 5.69. The van der Waals surface area contributed by atoms with Gasteiger partial charge in [0.1, 0.15) is 5.52 Å². The molecule has 110 valence electrons. The maximum Gasteiger partial charge on any atom is 0.226 e. The van der Waals surface area contributed by atoms with E-state index in [2.05, 4.69) is 61.5 Å². The van der Waals surface area contributed by atoms with Crippen LogP contribution in [0.4, 0.5) is 11.8 Å². The smallest absolute Gasteiger partial charge is 0.226 e. The van der Waals surface area contributed by atoms with E-state index in [9.17, 15) is 0 Å². The maximum atomic E-state index is 4.63. The van der Waals surface area contributed by atoms with Crippen molar-refractivity contribution in [3.8, 4) is 0 Å². The summed E-state index contributed by atoms with van der Waals surface area (Å²) < 4.78 is 0. The predicted octanol–water partition coefficient (Wildman–Crippen LogP) is 2.87. The number of thiophene rings is 1. The molecule has 0 fully saturated rings. The molecule has 0 saturated heterocycles. The highest BCUT2D eigenvalue weighted by atomic mass is 32.1. The summed E-state index contributed by atoms with van der Waals surface area (Å²) in [5, 5.41) is 5.10. The second-order valence-electron chi connectivity index (χ2n) is 5.02. The third-order valence-electron chi connectivity index (χ3n) is 3.29. The Labute approximate surface area is 127 Å². The van der Waals surface area contributed by atoms with Crippen molar-refractivity contribution in [3.63, 3.8) is 0 Å². The summed E-state index contributed by atoms with van der Waals surface area (Å²) >= 11 is 1.75. The normalized spacial score (nSPS) is 11.2. The van der Waals surface area contributed by atoms with Crippen molar-refractivity contribution in [1.82, 2.24) is 19.9 Å². The van der Waals surface area contributed by atoms with Crippen LogP contribution in [-0.2, 0) is 6.54 Å². The fraction of sp³-hybridized carbons (Fsp3) is 0.357. The van der Waals surface area contributed by atoms with E-state index in [0.29, 0.717) is 17.6 Å². The Kier molecular flexibility index (Phi) is 3.74. The predicted molar refractivity (Wildman–Crippen MR) is 86.9 cm³/mol. The summed E-state index contributed by atoms with van der Waals surface area (Å²) in [6.07, 6.45) is 1.66. The first-order valence-electron chi connectivity index (χ1n) is 6.87. The van der Waals surface area contributed by atoms with Gasteiger partial charge in [-0.15, -0.1) is 11.3 Å². The number of hydrogen-bond donors (Lipinski definition) is 2. The molecular weight excluding hydrogens is 284 g/mol.